The molecule has 4 heteroatoms. The number of ether oxygens (including phenoxy) is 1. The molecular formula is C12H25BrNO2+. The minimum absolute atomic E-state index is 0.144. The van der Waals surface area contributed by atoms with Crippen LogP contribution < -0.4 is 0 Å². The Hall–Kier alpha value is -0.0900. The fraction of sp³-hybridized carbons (Fsp3) is 0.917. The second-order valence-corrected chi connectivity index (χ2v) is 6.80. The summed E-state index contributed by atoms with van der Waals surface area (Å²) >= 11 is 3.36. The van der Waals surface area contributed by atoms with Gasteiger partial charge in [-0.05, 0) is 19.3 Å². The molecule has 2 unspecified atom stereocenters. The summed E-state index contributed by atoms with van der Waals surface area (Å²) in [6.45, 7) is 6.74. The van der Waals surface area contributed by atoms with E-state index in [4.69, 9.17) is 4.74 Å². The van der Waals surface area contributed by atoms with E-state index in [2.05, 4.69) is 57.8 Å². The number of rotatable bonds is 6. The molecule has 3 nitrogen and oxygen atoms in total. The Labute approximate surface area is 108 Å². The molecule has 0 rings (SSSR count). The molecule has 0 N–H and O–H groups in total. The Balaban J connectivity index is 3.98. The van der Waals surface area contributed by atoms with E-state index in [1.807, 2.05) is 0 Å². The summed E-state index contributed by atoms with van der Waals surface area (Å²) in [5.74, 6) is 0.349. The predicted molar refractivity (Wildman–Crippen MR) is 70.6 cm³/mol. The van der Waals surface area contributed by atoms with E-state index >= 15 is 0 Å². The summed E-state index contributed by atoms with van der Waals surface area (Å²) in [4.78, 5) is 11.5. The summed E-state index contributed by atoms with van der Waals surface area (Å²) in [5.41, 5.74) is 0. The minimum atomic E-state index is -0.174. The van der Waals surface area contributed by atoms with Gasteiger partial charge >= 0.3 is 5.97 Å². The number of halogens is 1. The van der Waals surface area contributed by atoms with Gasteiger partial charge in [0.1, 0.15) is 17.5 Å². The molecule has 0 aromatic rings. The molecule has 0 saturated carbocycles. The van der Waals surface area contributed by atoms with Gasteiger partial charge in [-0.25, -0.2) is 0 Å². The summed E-state index contributed by atoms with van der Waals surface area (Å²) in [6.07, 6.45) is 0.817. The second-order valence-electron chi connectivity index (χ2n) is 5.69. The maximum absolute atomic E-state index is 11.6. The number of esters is 1. The van der Waals surface area contributed by atoms with E-state index < -0.39 is 0 Å². The van der Waals surface area contributed by atoms with Crippen LogP contribution in [0.4, 0.5) is 0 Å². The molecular weight excluding hydrogens is 270 g/mol. The first-order valence-corrected chi connectivity index (χ1v) is 6.68. The van der Waals surface area contributed by atoms with Crippen molar-refractivity contribution in [3.8, 4) is 0 Å². The number of carbonyl (C=O) groups excluding carboxylic acids is 1. The van der Waals surface area contributed by atoms with Gasteiger partial charge in [-0.15, -0.1) is 0 Å². The highest BCUT2D eigenvalue weighted by Gasteiger charge is 2.23. The summed E-state index contributed by atoms with van der Waals surface area (Å²) < 4.78 is 6.09. The molecule has 16 heavy (non-hydrogen) atoms. The van der Waals surface area contributed by atoms with Crippen LogP contribution in [-0.4, -0.2) is 49.1 Å². The first-order chi connectivity index (χ1) is 7.14. The molecule has 0 aliphatic heterocycles. The number of hydrogen-bond donors (Lipinski definition) is 0. The van der Waals surface area contributed by atoms with E-state index in [0.717, 1.165) is 10.9 Å². The number of carbonyl (C=O) groups is 1. The molecule has 2 atom stereocenters. The van der Waals surface area contributed by atoms with Gasteiger partial charge in [-0.3, -0.25) is 4.79 Å². The van der Waals surface area contributed by atoms with Crippen molar-refractivity contribution in [2.24, 2.45) is 5.92 Å². The number of likely N-dealkylation sites (N-methyl/N-ethyl adjacent to an activating group) is 1. The van der Waals surface area contributed by atoms with Crippen LogP contribution in [0.5, 0.6) is 0 Å². The van der Waals surface area contributed by atoms with Crippen molar-refractivity contribution in [1.29, 1.82) is 0 Å². The van der Waals surface area contributed by atoms with E-state index in [-0.39, 0.29) is 10.8 Å². The molecule has 0 aromatic heterocycles. The van der Waals surface area contributed by atoms with Crippen molar-refractivity contribution in [1.82, 2.24) is 0 Å². The highest BCUT2D eigenvalue weighted by atomic mass is 79.9. The largest absolute Gasteiger partial charge is 0.459 e. The molecule has 0 aliphatic rings. The topological polar surface area (TPSA) is 26.3 Å². The SMILES string of the molecule is CC(C)CC(Br)C(=O)OCC(C)[N+](C)(C)C. The van der Waals surface area contributed by atoms with Crippen LogP contribution in [0.1, 0.15) is 27.2 Å². The number of alkyl halides is 1. The Morgan fingerprint density at radius 1 is 1.25 bits per heavy atom. The monoisotopic (exact) mass is 294 g/mol. The van der Waals surface area contributed by atoms with Gasteiger partial charge in [-0.1, -0.05) is 29.8 Å². The highest BCUT2D eigenvalue weighted by molar-refractivity contribution is 9.10. The zero-order valence-corrected chi connectivity index (χ0v) is 12.9. The van der Waals surface area contributed by atoms with Gasteiger partial charge in [0.2, 0.25) is 0 Å². The van der Waals surface area contributed by atoms with Crippen molar-refractivity contribution < 1.29 is 14.0 Å². The van der Waals surface area contributed by atoms with E-state index in [9.17, 15) is 4.79 Å². The molecule has 0 amide bonds. The standard InChI is InChI=1S/C12H25BrNO2/c1-9(2)7-11(13)12(15)16-8-10(3)14(4,5)6/h9-11H,7-8H2,1-6H3/q+1. The number of hydrogen-bond acceptors (Lipinski definition) is 2. The van der Waals surface area contributed by atoms with Gasteiger partial charge in [0.05, 0.1) is 21.1 Å². The lowest BCUT2D eigenvalue weighted by Crippen LogP contribution is -2.46. The lowest BCUT2D eigenvalue weighted by molar-refractivity contribution is -0.894. The lowest BCUT2D eigenvalue weighted by atomic mass is 10.1. The minimum Gasteiger partial charge on any atom is -0.459 e. The predicted octanol–water partition coefficient (Wildman–Crippen LogP) is 2.43. The molecule has 0 aliphatic carbocycles. The Kier molecular flexibility index (Phi) is 6.56. The van der Waals surface area contributed by atoms with Crippen molar-refractivity contribution in [3.63, 3.8) is 0 Å². The quantitative estimate of drug-likeness (QED) is 0.427. The average Bonchev–Trinajstić information content (AvgIpc) is 2.10. The average molecular weight is 295 g/mol. The van der Waals surface area contributed by atoms with Gasteiger partial charge < -0.3 is 9.22 Å². The van der Waals surface area contributed by atoms with Crippen LogP contribution in [0.25, 0.3) is 0 Å². The third-order valence-corrected chi connectivity index (χ3v) is 3.47. The van der Waals surface area contributed by atoms with E-state index in [0.29, 0.717) is 18.6 Å². The van der Waals surface area contributed by atoms with Crippen LogP contribution in [-0.2, 0) is 9.53 Å². The lowest BCUT2D eigenvalue weighted by Gasteiger charge is -2.31. The molecule has 0 aromatic carbocycles. The summed E-state index contributed by atoms with van der Waals surface area (Å²) in [5, 5.41) is 0. The molecule has 0 radical (unpaired) electrons. The molecule has 0 bridgehead atoms. The fourth-order valence-electron chi connectivity index (χ4n) is 1.03. The Morgan fingerprint density at radius 2 is 1.75 bits per heavy atom. The first-order valence-electron chi connectivity index (χ1n) is 5.76. The second kappa shape index (κ2) is 6.60. The van der Waals surface area contributed by atoms with Crippen molar-refractivity contribution in [3.05, 3.63) is 0 Å². The number of nitrogens with zero attached hydrogens (tertiary/aromatic N) is 1. The van der Waals surface area contributed by atoms with Gasteiger partial charge in [-0.2, -0.15) is 0 Å². The Morgan fingerprint density at radius 3 is 2.12 bits per heavy atom. The van der Waals surface area contributed by atoms with Crippen LogP contribution in [0, 0.1) is 5.92 Å². The maximum Gasteiger partial charge on any atom is 0.319 e. The van der Waals surface area contributed by atoms with Crippen LogP contribution in [0.3, 0.4) is 0 Å². The van der Waals surface area contributed by atoms with Crippen LogP contribution in [0.15, 0.2) is 0 Å². The van der Waals surface area contributed by atoms with Crippen LogP contribution in [0.2, 0.25) is 0 Å². The number of quaternary nitrogens is 1. The molecule has 0 fully saturated rings. The maximum atomic E-state index is 11.6. The van der Waals surface area contributed by atoms with Gasteiger partial charge in [0.15, 0.2) is 0 Å². The fourth-order valence-corrected chi connectivity index (χ4v) is 1.91. The summed E-state index contributed by atoms with van der Waals surface area (Å²) in [6, 6.07) is 0.308. The van der Waals surface area contributed by atoms with Crippen molar-refractivity contribution in [2.75, 3.05) is 27.7 Å². The van der Waals surface area contributed by atoms with Crippen molar-refractivity contribution in [2.45, 2.75) is 38.1 Å². The summed E-state index contributed by atoms with van der Waals surface area (Å²) in [7, 11) is 6.29. The first kappa shape index (κ1) is 15.9. The van der Waals surface area contributed by atoms with Crippen LogP contribution >= 0.6 is 15.9 Å². The third-order valence-electron chi connectivity index (χ3n) is 2.72. The van der Waals surface area contributed by atoms with E-state index in [1.54, 1.807) is 0 Å². The van der Waals surface area contributed by atoms with Gasteiger partial charge in [0, 0.05) is 0 Å². The Bertz CT molecular complexity index is 224. The highest BCUT2D eigenvalue weighted by Crippen LogP contribution is 2.14. The third kappa shape index (κ3) is 6.48. The molecule has 0 heterocycles. The van der Waals surface area contributed by atoms with Gasteiger partial charge in [0.25, 0.3) is 0 Å². The van der Waals surface area contributed by atoms with Crippen molar-refractivity contribution >= 4 is 21.9 Å². The van der Waals surface area contributed by atoms with E-state index in [1.165, 1.54) is 0 Å². The normalized spacial score (nSPS) is 16.0. The zero-order valence-electron chi connectivity index (χ0n) is 11.3. The molecule has 96 valence electrons. The zero-order chi connectivity index (χ0) is 12.9. The molecule has 0 spiro atoms. The molecule has 0 saturated heterocycles. The smallest absolute Gasteiger partial charge is 0.319 e.